The summed E-state index contributed by atoms with van der Waals surface area (Å²) in [6, 6.07) is 2.11. The molecule has 0 aliphatic heterocycles. The molecule has 0 spiro atoms. The maximum Gasteiger partial charge on any atom is 0.0638 e. The molecule has 0 fully saturated rings. The van der Waals surface area contributed by atoms with Crippen LogP contribution in [0.3, 0.4) is 0 Å². The first-order chi connectivity index (χ1) is 6.35. The summed E-state index contributed by atoms with van der Waals surface area (Å²) in [5.41, 5.74) is 0. The molecule has 1 unspecified atom stereocenters. The zero-order valence-corrected chi connectivity index (χ0v) is 8.12. The summed E-state index contributed by atoms with van der Waals surface area (Å²) in [4.78, 5) is 0. The number of nitriles is 1. The number of unbranched alkanes of at least 4 members (excludes halogenated alkanes) is 2. The normalized spacial score (nSPS) is 12.4. The summed E-state index contributed by atoms with van der Waals surface area (Å²) < 4.78 is 4.90. The minimum atomic E-state index is 0.0204. The first kappa shape index (κ1) is 12.4. The summed E-state index contributed by atoms with van der Waals surface area (Å²) in [5.74, 6) is 0. The van der Waals surface area contributed by atoms with Gasteiger partial charge >= 0.3 is 0 Å². The van der Waals surface area contributed by atoms with E-state index >= 15 is 0 Å². The molecule has 0 aromatic carbocycles. The Labute approximate surface area is 79.5 Å². The number of methoxy groups -OCH3 is 1. The fourth-order valence-corrected chi connectivity index (χ4v) is 1.01. The molecule has 4 heteroatoms. The van der Waals surface area contributed by atoms with Crippen molar-refractivity contribution in [3.63, 3.8) is 0 Å². The minimum absolute atomic E-state index is 0.0204. The Morgan fingerprint density at radius 2 is 2.31 bits per heavy atom. The van der Waals surface area contributed by atoms with Crippen molar-refractivity contribution in [2.75, 3.05) is 26.9 Å². The summed E-state index contributed by atoms with van der Waals surface area (Å²) in [7, 11) is 1.61. The molecule has 0 rings (SSSR count). The van der Waals surface area contributed by atoms with Crippen LogP contribution in [0, 0.1) is 11.3 Å². The van der Waals surface area contributed by atoms with Crippen LogP contribution in [0.5, 0.6) is 0 Å². The second-order valence-electron chi connectivity index (χ2n) is 2.90. The zero-order chi connectivity index (χ0) is 9.94. The van der Waals surface area contributed by atoms with Crippen molar-refractivity contribution in [3.8, 4) is 6.07 Å². The Balaban J connectivity index is 3.23. The molecule has 13 heavy (non-hydrogen) atoms. The van der Waals surface area contributed by atoms with E-state index in [0.29, 0.717) is 13.0 Å². The third-order valence-corrected chi connectivity index (χ3v) is 1.74. The van der Waals surface area contributed by atoms with Crippen molar-refractivity contribution < 1.29 is 9.84 Å². The Morgan fingerprint density at radius 3 is 2.85 bits per heavy atom. The zero-order valence-electron chi connectivity index (χ0n) is 8.12. The van der Waals surface area contributed by atoms with E-state index in [9.17, 15) is 0 Å². The summed E-state index contributed by atoms with van der Waals surface area (Å²) in [6.45, 7) is 1.44. The van der Waals surface area contributed by atoms with Gasteiger partial charge in [-0.15, -0.1) is 0 Å². The lowest BCUT2D eigenvalue weighted by Gasteiger charge is -2.14. The van der Waals surface area contributed by atoms with E-state index in [2.05, 4.69) is 11.4 Å². The second kappa shape index (κ2) is 9.46. The van der Waals surface area contributed by atoms with E-state index in [1.807, 2.05) is 0 Å². The lowest BCUT2D eigenvalue weighted by molar-refractivity contribution is 0.128. The Hall–Kier alpha value is -0.630. The molecule has 0 amide bonds. The fourth-order valence-electron chi connectivity index (χ4n) is 1.01. The number of nitrogens with one attached hydrogen (secondary N) is 1. The number of hydrogen-bond acceptors (Lipinski definition) is 4. The van der Waals surface area contributed by atoms with Crippen LogP contribution in [0.25, 0.3) is 0 Å². The minimum Gasteiger partial charge on any atom is -0.395 e. The average molecular weight is 186 g/mol. The van der Waals surface area contributed by atoms with Crippen molar-refractivity contribution in [2.24, 2.45) is 0 Å². The highest BCUT2D eigenvalue weighted by Crippen LogP contribution is 1.92. The Kier molecular flexibility index (Phi) is 9.00. The first-order valence-corrected chi connectivity index (χ1v) is 4.55. The van der Waals surface area contributed by atoms with Crippen molar-refractivity contribution in [2.45, 2.75) is 25.3 Å². The number of aliphatic hydroxyl groups is 1. The molecule has 0 heterocycles. The van der Waals surface area contributed by atoms with Crippen LogP contribution in [0.1, 0.15) is 19.3 Å². The van der Waals surface area contributed by atoms with Gasteiger partial charge in [0.25, 0.3) is 0 Å². The third kappa shape index (κ3) is 7.72. The Morgan fingerprint density at radius 1 is 1.54 bits per heavy atom. The number of rotatable bonds is 8. The molecule has 1 atom stereocenters. The van der Waals surface area contributed by atoms with Crippen molar-refractivity contribution in [3.05, 3.63) is 0 Å². The molecule has 0 aromatic heterocycles. The van der Waals surface area contributed by atoms with Gasteiger partial charge in [-0.2, -0.15) is 5.26 Å². The maximum atomic E-state index is 8.86. The second-order valence-corrected chi connectivity index (χ2v) is 2.90. The highest BCUT2D eigenvalue weighted by molar-refractivity contribution is 4.69. The molecule has 4 nitrogen and oxygen atoms in total. The Bertz CT molecular complexity index is 145. The maximum absolute atomic E-state index is 8.86. The predicted molar refractivity (Wildman–Crippen MR) is 50.2 cm³/mol. The van der Waals surface area contributed by atoms with Gasteiger partial charge in [0.05, 0.1) is 25.3 Å². The van der Waals surface area contributed by atoms with Gasteiger partial charge in [-0.05, 0) is 19.4 Å². The van der Waals surface area contributed by atoms with Crippen LogP contribution in [0.4, 0.5) is 0 Å². The largest absolute Gasteiger partial charge is 0.395 e. The van der Waals surface area contributed by atoms with Gasteiger partial charge in [0.1, 0.15) is 0 Å². The molecule has 0 aliphatic carbocycles. The van der Waals surface area contributed by atoms with Gasteiger partial charge in [0.15, 0.2) is 0 Å². The van der Waals surface area contributed by atoms with Crippen LogP contribution in [0.2, 0.25) is 0 Å². The molecular weight excluding hydrogens is 168 g/mol. The number of ether oxygens (including phenoxy) is 1. The SMILES string of the molecule is COCC(CO)NCCCCC#N. The van der Waals surface area contributed by atoms with Gasteiger partial charge in [-0.1, -0.05) is 0 Å². The van der Waals surface area contributed by atoms with Gasteiger partial charge < -0.3 is 15.2 Å². The highest BCUT2D eigenvalue weighted by atomic mass is 16.5. The predicted octanol–water partition coefficient (Wildman–Crippen LogP) is 0.277. The molecule has 0 bridgehead atoms. The van der Waals surface area contributed by atoms with Crippen LogP contribution in [0.15, 0.2) is 0 Å². The van der Waals surface area contributed by atoms with Gasteiger partial charge in [-0.25, -0.2) is 0 Å². The number of aliphatic hydroxyl groups excluding tert-OH is 1. The molecule has 0 aliphatic rings. The molecule has 0 aromatic rings. The topological polar surface area (TPSA) is 65.3 Å². The third-order valence-electron chi connectivity index (χ3n) is 1.74. The highest BCUT2D eigenvalue weighted by Gasteiger charge is 2.04. The summed E-state index contributed by atoms with van der Waals surface area (Å²) in [5, 5.41) is 20.3. The van der Waals surface area contributed by atoms with Gasteiger partial charge in [0, 0.05) is 13.5 Å². The first-order valence-electron chi connectivity index (χ1n) is 4.55. The van der Waals surface area contributed by atoms with E-state index < -0.39 is 0 Å². The lowest BCUT2D eigenvalue weighted by Crippen LogP contribution is -2.36. The lowest BCUT2D eigenvalue weighted by atomic mass is 10.2. The van der Waals surface area contributed by atoms with E-state index in [1.165, 1.54) is 0 Å². The van der Waals surface area contributed by atoms with Gasteiger partial charge in [-0.3, -0.25) is 0 Å². The van der Waals surface area contributed by atoms with Crippen LogP contribution in [-0.4, -0.2) is 38.0 Å². The van der Waals surface area contributed by atoms with E-state index in [4.69, 9.17) is 15.1 Å². The van der Waals surface area contributed by atoms with Crippen LogP contribution >= 0.6 is 0 Å². The molecular formula is C9H18N2O2. The van der Waals surface area contributed by atoms with Gasteiger partial charge in [0.2, 0.25) is 0 Å². The standard InChI is InChI=1S/C9H18N2O2/c1-13-8-9(7-12)11-6-4-2-3-5-10/h9,11-12H,2-4,6-8H2,1H3. The fraction of sp³-hybridized carbons (Fsp3) is 0.889. The summed E-state index contributed by atoms with van der Waals surface area (Å²) in [6.07, 6.45) is 2.48. The summed E-state index contributed by atoms with van der Waals surface area (Å²) >= 11 is 0. The van der Waals surface area contributed by atoms with Crippen molar-refractivity contribution >= 4 is 0 Å². The molecule has 2 N–H and O–H groups in total. The molecule has 0 saturated heterocycles. The van der Waals surface area contributed by atoms with Crippen molar-refractivity contribution in [1.82, 2.24) is 5.32 Å². The number of nitrogens with zero attached hydrogens (tertiary/aromatic N) is 1. The smallest absolute Gasteiger partial charge is 0.0638 e. The van der Waals surface area contributed by atoms with E-state index in [1.54, 1.807) is 7.11 Å². The molecule has 0 saturated carbocycles. The quantitative estimate of drug-likeness (QED) is 0.534. The van der Waals surface area contributed by atoms with E-state index in [0.717, 1.165) is 19.4 Å². The average Bonchev–Trinajstić information content (AvgIpc) is 2.16. The van der Waals surface area contributed by atoms with Crippen LogP contribution < -0.4 is 5.32 Å². The number of hydrogen-bond donors (Lipinski definition) is 2. The van der Waals surface area contributed by atoms with Crippen molar-refractivity contribution in [1.29, 1.82) is 5.26 Å². The van der Waals surface area contributed by atoms with E-state index in [-0.39, 0.29) is 12.6 Å². The van der Waals surface area contributed by atoms with Crippen LogP contribution in [-0.2, 0) is 4.74 Å². The molecule has 0 radical (unpaired) electrons. The molecule has 76 valence electrons. The monoisotopic (exact) mass is 186 g/mol.